The Kier molecular flexibility index (Phi) is 5.76. The first kappa shape index (κ1) is 16.1. The molecule has 1 saturated carbocycles. The highest BCUT2D eigenvalue weighted by atomic mass is 32.3. The van der Waals surface area contributed by atoms with Gasteiger partial charge in [-0.3, -0.25) is 4.72 Å². The Labute approximate surface area is 126 Å². The lowest BCUT2D eigenvalue weighted by atomic mass is 9.84. The van der Waals surface area contributed by atoms with Crippen molar-refractivity contribution in [3.05, 3.63) is 22.5 Å². The Morgan fingerprint density at radius 3 is 2.60 bits per heavy atom. The Hall–Kier alpha value is -0.250. The average Bonchev–Trinajstić information content (AvgIpc) is 2.84. The van der Waals surface area contributed by atoms with E-state index >= 15 is 0 Å². The van der Waals surface area contributed by atoms with Gasteiger partial charge in [0.1, 0.15) is 0 Å². The molecule has 0 radical (unpaired) electrons. The summed E-state index contributed by atoms with van der Waals surface area (Å²) in [6.07, 6.45) is 9.01. The van der Waals surface area contributed by atoms with Crippen molar-refractivity contribution in [2.75, 3.05) is 12.3 Å². The van der Waals surface area contributed by atoms with Crippen molar-refractivity contribution in [1.82, 2.24) is 4.72 Å². The van der Waals surface area contributed by atoms with Crippen LogP contribution in [0.2, 0.25) is 0 Å². The van der Waals surface area contributed by atoms with E-state index in [-0.39, 0.29) is 6.10 Å². The van der Waals surface area contributed by atoms with E-state index in [1.165, 1.54) is 37.7 Å². The van der Waals surface area contributed by atoms with Crippen molar-refractivity contribution in [2.45, 2.75) is 59.0 Å². The topological polar surface area (TPSA) is 32.3 Å². The average molecular weight is 298 g/mol. The van der Waals surface area contributed by atoms with Crippen LogP contribution in [0.3, 0.4) is 0 Å². The van der Waals surface area contributed by atoms with Crippen LogP contribution in [0.4, 0.5) is 0 Å². The smallest absolute Gasteiger partial charge is 0.0656 e. The molecule has 0 bridgehead atoms. The summed E-state index contributed by atoms with van der Waals surface area (Å²) >= 11 is 0. The van der Waals surface area contributed by atoms with E-state index in [9.17, 15) is 5.11 Å². The molecule has 0 amide bonds. The van der Waals surface area contributed by atoms with Gasteiger partial charge >= 0.3 is 0 Å². The first-order valence-corrected chi connectivity index (χ1v) is 10.1. The summed E-state index contributed by atoms with van der Waals surface area (Å²) < 4.78 is 3.67. The van der Waals surface area contributed by atoms with E-state index in [4.69, 9.17) is 0 Å². The summed E-state index contributed by atoms with van der Waals surface area (Å²) in [5, 5.41) is 15.1. The lowest BCUT2D eigenvalue weighted by molar-refractivity contribution is 0.148. The number of allylic oxidation sites excluding steroid dienone is 2. The van der Waals surface area contributed by atoms with E-state index < -0.39 is 10.2 Å². The van der Waals surface area contributed by atoms with E-state index in [1.807, 2.05) is 0 Å². The van der Waals surface area contributed by atoms with Crippen molar-refractivity contribution >= 4 is 10.2 Å². The molecule has 1 fully saturated rings. The van der Waals surface area contributed by atoms with Crippen LogP contribution in [0.5, 0.6) is 0 Å². The summed E-state index contributed by atoms with van der Waals surface area (Å²) in [4.78, 5) is 0. The maximum atomic E-state index is 10.3. The molecule has 2 atom stereocenters. The summed E-state index contributed by atoms with van der Waals surface area (Å²) in [6.45, 7) is 7.35. The molecule has 3 heteroatoms. The Bertz CT molecular complexity index is 371. The zero-order valence-corrected chi connectivity index (χ0v) is 14.1. The second-order valence-corrected chi connectivity index (χ2v) is 9.41. The minimum Gasteiger partial charge on any atom is -0.392 e. The zero-order chi connectivity index (χ0) is 14.6. The van der Waals surface area contributed by atoms with Crippen LogP contribution in [0.1, 0.15) is 52.9 Å². The molecule has 116 valence electrons. The standard InChI is InChI=1S/C17H31NOS/c1-4-18-20(13-17(19)14(2)3)11-10-16(12-20)15-8-6-5-7-9-15/h10-12,14-15,17-19H,4-9,13H2,1-3H3. The predicted octanol–water partition coefficient (Wildman–Crippen LogP) is 4.32. The first-order chi connectivity index (χ1) is 9.56. The van der Waals surface area contributed by atoms with Crippen molar-refractivity contribution in [3.8, 4) is 0 Å². The molecule has 0 spiro atoms. The fourth-order valence-electron chi connectivity index (χ4n) is 3.19. The summed E-state index contributed by atoms with van der Waals surface area (Å²) in [6, 6.07) is 0. The van der Waals surface area contributed by atoms with Gasteiger partial charge in [-0.2, -0.15) is 0 Å². The normalized spacial score (nSPS) is 32.1. The van der Waals surface area contributed by atoms with Gasteiger partial charge in [0.25, 0.3) is 0 Å². The maximum absolute atomic E-state index is 10.3. The minimum atomic E-state index is -1.10. The van der Waals surface area contributed by atoms with Crippen LogP contribution in [0.25, 0.3) is 0 Å². The lowest BCUT2D eigenvalue weighted by Gasteiger charge is -2.36. The molecule has 0 saturated heterocycles. The molecular formula is C17H31NOS. The third-order valence-electron chi connectivity index (χ3n) is 4.56. The fourth-order valence-corrected chi connectivity index (χ4v) is 6.41. The van der Waals surface area contributed by atoms with Crippen LogP contribution in [-0.2, 0) is 0 Å². The molecule has 2 rings (SSSR count). The van der Waals surface area contributed by atoms with Gasteiger partial charge in [0.2, 0.25) is 0 Å². The Morgan fingerprint density at radius 2 is 2.00 bits per heavy atom. The molecule has 20 heavy (non-hydrogen) atoms. The van der Waals surface area contributed by atoms with E-state index in [0.29, 0.717) is 5.92 Å². The molecule has 0 aromatic carbocycles. The maximum Gasteiger partial charge on any atom is 0.0656 e. The third kappa shape index (κ3) is 3.90. The summed E-state index contributed by atoms with van der Waals surface area (Å²) in [7, 11) is -1.10. The summed E-state index contributed by atoms with van der Waals surface area (Å²) in [5.74, 6) is 1.97. The van der Waals surface area contributed by atoms with Crippen LogP contribution in [-0.4, -0.2) is 23.5 Å². The highest BCUT2D eigenvalue weighted by Crippen LogP contribution is 2.54. The number of aliphatic hydroxyl groups excluding tert-OH is 1. The van der Waals surface area contributed by atoms with Gasteiger partial charge in [0.05, 0.1) is 6.10 Å². The quantitative estimate of drug-likeness (QED) is 0.765. The van der Waals surface area contributed by atoms with Gasteiger partial charge in [-0.1, -0.05) is 46.1 Å². The van der Waals surface area contributed by atoms with Crippen molar-refractivity contribution in [2.24, 2.45) is 11.8 Å². The molecular weight excluding hydrogens is 266 g/mol. The molecule has 1 aliphatic carbocycles. The van der Waals surface area contributed by atoms with Gasteiger partial charge in [-0.05, 0) is 41.1 Å². The third-order valence-corrected chi connectivity index (χ3v) is 7.59. The van der Waals surface area contributed by atoms with Crippen LogP contribution in [0, 0.1) is 11.8 Å². The van der Waals surface area contributed by atoms with E-state index in [0.717, 1.165) is 18.2 Å². The van der Waals surface area contributed by atoms with Crippen LogP contribution < -0.4 is 4.72 Å². The molecule has 2 N–H and O–H groups in total. The molecule has 2 aliphatic rings. The summed E-state index contributed by atoms with van der Waals surface area (Å²) in [5.41, 5.74) is 1.54. The van der Waals surface area contributed by atoms with Crippen LogP contribution >= 0.6 is 10.2 Å². The first-order valence-electron chi connectivity index (χ1n) is 8.20. The van der Waals surface area contributed by atoms with Gasteiger partial charge in [-0.15, -0.1) is 10.2 Å². The molecule has 2 nitrogen and oxygen atoms in total. The molecule has 2 unspecified atom stereocenters. The largest absolute Gasteiger partial charge is 0.392 e. The molecule has 1 heterocycles. The fraction of sp³-hybridized carbons (Fsp3) is 0.765. The van der Waals surface area contributed by atoms with Gasteiger partial charge < -0.3 is 5.11 Å². The van der Waals surface area contributed by atoms with Crippen molar-refractivity contribution < 1.29 is 5.11 Å². The zero-order valence-electron chi connectivity index (χ0n) is 13.3. The molecule has 1 aliphatic heterocycles. The number of rotatable bonds is 6. The molecule has 0 aromatic heterocycles. The highest BCUT2D eigenvalue weighted by molar-refractivity contribution is 8.37. The van der Waals surface area contributed by atoms with Gasteiger partial charge in [0.15, 0.2) is 0 Å². The highest BCUT2D eigenvalue weighted by Gasteiger charge is 2.29. The second kappa shape index (κ2) is 7.15. The number of hydrogen-bond donors (Lipinski definition) is 2. The number of aliphatic hydroxyl groups is 1. The number of hydrogen-bond acceptors (Lipinski definition) is 2. The predicted molar refractivity (Wildman–Crippen MR) is 90.8 cm³/mol. The van der Waals surface area contributed by atoms with Gasteiger partial charge in [0, 0.05) is 12.3 Å². The number of nitrogens with one attached hydrogen (secondary N) is 1. The lowest BCUT2D eigenvalue weighted by Crippen LogP contribution is -2.29. The second-order valence-electron chi connectivity index (χ2n) is 6.58. The van der Waals surface area contributed by atoms with Gasteiger partial charge in [-0.25, -0.2) is 0 Å². The van der Waals surface area contributed by atoms with E-state index in [1.54, 1.807) is 0 Å². The Balaban J connectivity index is 2.09. The Morgan fingerprint density at radius 1 is 1.30 bits per heavy atom. The van der Waals surface area contributed by atoms with Crippen LogP contribution in [0.15, 0.2) is 22.5 Å². The van der Waals surface area contributed by atoms with Crippen molar-refractivity contribution in [3.63, 3.8) is 0 Å². The SMILES string of the molecule is CCNS1(CC(O)C(C)C)C=CC(C2CCCCC2)=C1. The van der Waals surface area contributed by atoms with E-state index in [2.05, 4.69) is 42.4 Å². The monoisotopic (exact) mass is 297 g/mol. The molecule has 0 aromatic rings. The minimum absolute atomic E-state index is 0.212. The van der Waals surface area contributed by atoms with Crippen molar-refractivity contribution in [1.29, 1.82) is 0 Å².